The first-order valence-electron chi connectivity index (χ1n) is 9.40. The van der Waals surface area contributed by atoms with E-state index in [0.29, 0.717) is 16.3 Å². The minimum Gasteiger partial charge on any atom is -0.339 e. The van der Waals surface area contributed by atoms with Crippen LogP contribution in [0.4, 0.5) is 0 Å². The van der Waals surface area contributed by atoms with E-state index in [-0.39, 0.29) is 5.91 Å². The summed E-state index contributed by atoms with van der Waals surface area (Å²) in [6.07, 6.45) is 1.81. The Kier molecular flexibility index (Phi) is 6.65. The molecule has 2 aromatic rings. The van der Waals surface area contributed by atoms with Crippen molar-refractivity contribution in [1.29, 1.82) is 5.26 Å². The van der Waals surface area contributed by atoms with Gasteiger partial charge in [-0.1, -0.05) is 17.8 Å². The van der Waals surface area contributed by atoms with Crippen LogP contribution in [-0.4, -0.2) is 57.6 Å². The van der Waals surface area contributed by atoms with Crippen LogP contribution in [0, 0.1) is 32.1 Å². The van der Waals surface area contributed by atoms with E-state index in [0.717, 1.165) is 55.2 Å². The number of aryl methyl sites for hydroxylation is 1. The quantitative estimate of drug-likeness (QED) is 0.725. The van der Waals surface area contributed by atoms with Gasteiger partial charge in [0.2, 0.25) is 5.91 Å². The molecule has 0 N–H and O–H groups in total. The SMILES string of the molecule is Cc1nc(SCC(=O)N2CCN(Cc3ccccn3)CC2)c(C#N)c(C)c1C. The van der Waals surface area contributed by atoms with Crippen LogP contribution in [0.1, 0.15) is 28.1 Å². The van der Waals surface area contributed by atoms with E-state index < -0.39 is 0 Å². The third kappa shape index (κ3) is 4.70. The molecule has 0 radical (unpaired) electrons. The van der Waals surface area contributed by atoms with Gasteiger partial charge in [-0.05, 0) is 44.0 Å². The van der Waals surface area contributed by atoms with E-state index >= 15 is 0 Å². The van der Waals surface area contributed by atoms with Gasteiger partial charge in [-0.25, -0.2) is 4.98 Å². The van der Waals surface area contributed by atoms with Gasteiger partial charge in [0.15, 0.2) is 0 Å². The summed E-state index contributed by atoms with van der Waals surface area (Å²) in [6.45, 7) is 9.80. The summed E-state index contributed by atoms with van der Waals surface area (Å²) in [5.74, 6) is 0.410. The highest BCUT2D eigenvalue weighted by molar-refractivity contribution is 8.00. The lowest BCUT2D eigenvalue weighted by Crippen LogP contribution is -2.48. The molecule has 0 aromatic carbocycles. The van der Waals surface area contributed by atoms with Gasteiger partial charge in [0.05, 0.1) is 17.0 Å². The van der Waals surface area contributed by atoms with Crippen LogP contribution in [-0.2, 0) is 11.3 Å². The van der Waals surface area contributed by atoms with Gasteiger partial charge in [0.25, 0.3) is 0 Å². The van der Waals surface area contributed by atoms with Crippen molar-refractivity contribution >= 4 is 17.7 Å². The average molecular weight is 396 g/mol. The summed E-state index contributed by atoms with van der Waals surface area (Å²) in [6, 6.07) is 8.19. The Morgan fingerprint density at radius 3 is 2.57 bits per heavy atom. The van der Waals surface area contributed by atoms with Crippen LogP contribution in [0.2, 0.25) is 0 Å². The second-order valence-electron chi connectivity index (χ2n) is 7.01. The molecule has 0 spiro atoms. The summed E-state index contributed by atoms with van der Waals surface area (Å²) in [7, 11) is 0. The smallest absolute Gasteiger partial charge is 0.233 e. The number of rotatable bonds is 5. The molecule has 6 nitrogen and oxygen atoms in total. The van der Waals surface area contributed by atoms with Crippen molar-refractivity contribution in [3.05, 3.63) is 52.5 Å². The Bertz CT molecular complexity index is 886. The number of piperazine rings is 1. The molecule has 0 saturated carbocycles. The number of carbonyl (C=O) groups excluding carboxylic acids is 1. The molecule has 1 saturated heterocycles. The Balaban J connectivity index is 1.54. The van der Waals surface area contributed by atoms with Crippen LogP contribution in [0.3, 0.4) is 0 Å². The van der Waals surface area contributed by atoms with E-state index in [9.17, 15) is 10.1 Å². The number of nitrogens with zero attached hydrogens (tertiary/aromatic N) is 5. The fourth-order valence-electron chi connectivity index (χ4n) is 3.24. The minimum absolute atomic E-state index is 0.101. The van der Waals surface area contributed by atoms with Gasteiger partial charge in [-0.2, -0.15) is 5.26 Å². The predicted octanol–water partition coefficient (Wildman–Crippen LogP) is 2.71. The molecule has 7 heteroatoms. The number of hydrogen-bond donors (Lipinski definition) is 0. The largest absolute Gasteiger partial charge is 0.339 e. The first-order chi connectivity index (χ1) is 13.5. The monoisotopic (exact) mass is 395 g/mol. The number of amides is 1. The molecule has 28 heavy (non-hydrogen) atoms. The minimum atomic E-state index is 0.101. The molecule has 0 unspecified atom stereocenters. The lowest BCUT2D eigenvalue weighted by atomic mass is 10.1. The van der Waals surface area contributed by atoms with Gasteiger partial charge in [0.1, 0.15) is 11.1 Å². The van der Waals surface area contributed by atoms with Crippen molar-refractivity contribution < 1.29 is 4.79 Å². The summed E-state index contributed by atoms with van der Waals surface area (Å²) in [5.41, 5.74) is 4.54. The molecule has 3 rings (SSSR count). The van der Waals surface area contributed by atoms with E-state index in [1.54, 1.807) is 0 Å². The van der Waals surface area contributed by atoms with Crippen LogP contribution >= 0.6 is 11.8 Å². The zero-order valence-electron chi connectivity index (χ0n) is 16.6. The molecule has 0 aliphatic carbocycles. The maximum Gasteiger partial charge on any atom is 0.233 e. The Labute approximate surface area is 170 Å². The highest BCUT2D eigenvalue weighted by atomic mass is 32.2. The van der Waals surface area contributed by atoms with Crippen molar-refractivity contribution in [3.8, 4) is 6.07 Å². The maximum atomic E-state index is 12.6. The number of thioether (sulfide) groups is 1. The molecule has 1 fully saturated rings. The van der Waals surface area contributed by atoms with Crippen LogP contribution in [0.15, 0.2) is 29.4 Å². The molecule has 146 valence electrons. The average Bonchev–Trinajstić information content (AvgIpc) is 2.71. The first kappa shape index (κ1) is 20.3. The molecular weight excluding hydrogens is 370 g/mol. The zero-order valence-corrected chi connectivity index (χ0v) is 17.4. The summed E-state index contributed by atoms with van der Waals surface area (Å²) >= 11 is 1.37. The molecule has 1 aliphatic rings. The first-order valence-corrected chi connectivity index (χ1v) is 10.4. The molecule has 2 aromatic heterocycles. The van der Waals surface area contributed by atoms with E-state index in [1.807, 2.05) is 50.1 Å². The van der Waals surface area contributed by atoms with Gasteiger partial charge < -0.3 is 4.90 Å². The molecule has 0 atom stereocenters. The second kappa shape index (κ2) is 9.18. The van der Waals surface area contributed by atoms with Crippen molar-refractivity contribution in [3.63, 3.8) is 0 Å². The molecule has 0 bridgehead atoms. The molecule has 1 aliphatic heterocycles. The van der Waals surface area contributed by atoms with Crippen LogP contribution in [0.5, 0.6) is 0 Å². The van der Waals surface area contributed by atoms with Gasteiger partial charge >= 0.3 is 0 Å². The zero-order chi connectivity index (χ0) is 20.1. The fourth-order valence-corrected chi connectivity index (χ4v) is 4.23. The van der Waals surface area contributed by atoms with Gasteiger partial charge in [-0.3, -0.25) is 14.7 Å². The van der Waals surface area contributed by atoms with Crippen molar-refractivity contribution in [2.75, 3.05) is 31.9 Å². The maximum absolute atomic E-state index is 12.6. The molecular formula is C21H25N5OS. The van der Waals surface area contributed by atoms with E-state index in [1.165, 1.54) is 11.8 Å². The van der Waals surface area contributed by atoms with Crippen LogP contribution in [0.25, 0.3) is 0 Å². The third-order valence-corrected chi connectivity index (χ3v) is 6.20. The summed E-state index contributed by atoms with van der Waals surface area (Å²) < 4.78 is 0. The second-order valence-corrected chi connectivity index (χ2v) is 7.97. The number of hydrogen-bond acceptors (Lipinski definition) is 6. The van der Waals surface area contributed by atoms with Crippen molar-refractivity contribution in [2.24, 2.45) is 0 Å². The fraction of sp³-hybridized carbons (Fsp3) is 0.429. The number of carbonyl (C=O) groups is 1. The van der Waals surface area contributed by atoms with Crippen molar-refractivity contribution in [2.45, 2.75) is 32.3 Å². The van der Waals surface area contributed by atoms with Gasteiger partial charge in [-0.15, -0.1) is 0 Å². The third-order valence-electron chi connectivity index (χ3n) is 5.24. The Morgan fingerprint density at radius 1 is 1.18 bits per heavy atom. The number of pyridine rings is 2. The van der Waals surface area contributed by atoms with Crippen molar-refractivity contribution in [1.82, 2.24) is 19.8 Å². The summed E-state index contributed by atoms with van der Waals surface area (Å²) in [4.78, 5) is 25.8. The molecule has 1 amide bonds. The number of aromatic nitrogens is 2. The standard InChI is InChI=1S/C21H25N5OS/c1-15-16(2)19(12-22)21(24-17(15)3)28-14-20(27)26-10-8-25(9-11-26)13-18-6-4-5-7-23-18/h4-7H,8-11,13-14H2,1-3H3. The summed E-state index contributed by atoms with van der Waals surface area (Å²) in [5, 5.41) is 10.1. The van der Waals surface area contributed by atoms with E-state index in [4.69, 9.17) is 0 Å². The Morgan fingerprint density at radius 2 is 1.93 bits per heavy atom. The highest BCUT2D eigenvalue weighted by Gasteiger charge is 2.22. The topological polar surface area (TPSA) is 73.1 Å². The Hall–Kier alpha value is -2.43. The van der Waals surface area contributed by atoms with E-state index in [2.05, 4.69) is 20.9 Å². The lowest BCUT2D eigenvalue weighted by molar-refractivity contribution is -0.130. The number of nitriles is 1. The predicted molar refractivity (Wildman–Crippen MR) is 110 cm³/mol. The van der Waals surface area contributed by atoms with Gasteiger partial charge in [0, 0.05) is 44.6 Å². The highest BCUT2D eigenvalue weighted by Crippen LogP contribution is 2.26. The molecule has 3 heterocycles. The normalized spacial score (nSPS) is 14.7. The lowest BCUT2D eigenvalue weighted by Gasteiger charge is -2.34. The van der Waals surface area contributed by atoms with Crippen LogP contribution < -0.4 is 0 Å².